The van der Waals surface area contributed by atoms with Crippen molar-refractivity contribution in [2.45, 2.75) is 32.6 Å². The molecule has 0 aromatic heterocycles. The fourth-order valence-corrected chi connectivity index (χ4v) is 2.72. The maximum atomic E-state index is 5.35. The third kappa shape index (κ3) is 1.56. The van der Waals surface area contributed by atoms with Crippen LogP contribution in [-0.2, 0) is 12.8 Å². The molecular weight excluding hydrogens is 240 g/mol. The molecule has 1 aromatic rings. The first kappa shape index (κ1) is 10.0. The smallest absolute Gasteiger partial charge is 0.133 e. The van der Waals surface area contributed by atoms with E-state index in [-0.39, 0.29) is 0 Å². The fraction of sp³-hybridized carbons (Fsp3) is 0.500. The van der Waals surface area contributed by atoms with E-state index in [2.05, 4.69) is 28.9 Å². The molecule has 2 heteroatoms. The summed E-state index contributed by atoms with van der Waals surface area (Å²) >= 11 is 3.59. The van der Waals surface area contributed by atoms with Crippen molar-refractivity contribution >= 4 is 15.9 Å². The van der Waals surface area contributed by atoms with Crippen LogP contribution in [0.25, 0.3) is 0 Å². The van der Waals surface area contributed by atoms with Crippen molar-refractivity contribution < 1.29 is 4.74 Å². The third-order valence-electron chi connectivity index (χ3n) is 3.03. The van der Waals surface area contributed by atoms with E-state index in [0.29, 0.717) is 0 Å². The number of hydrogen-bond donors (Lipinski definition) is 0. The molecule has 0 heterocycles. The van der Waals surface area contributed by atoms with Gasteiger partial charge in [0.05, 0.1) is 11.6 Å². The molecule has 2 rings (SSSR count). The number of fused-ring (bicyclic) bond motifs is 1. The Morgan fingerprint density at radius 3 is 2.71 bits per heavy atom. The minimum absolute atomic E-state index is 0.975. The van der Waals surface area contributed by atoms with Crippen LogP contribution in [0.15, 0.2) is 10.5 Å². The lowest BCUT2D eigenvalue weighted by atomic mass is 9.88. The van der Waals surface area contributed by atoms with E-state index in [0.717, 1.165) is 10.2 Å². The summed E-state index contributed by atoms with van der Waals surface area (Å²) in [5.41, 5.74) is 4.37. The SMILES string of the molecule is COc1cc2c(c(C)c1Br)CCCC2. The van der Waals surface area contributed by atoms with Crippen molar-refractivity contribution in [3.05, 3.63) is 27.2 Å². The molecule has 1 aliphatic rings. The average molecular weight is 255 g/mol. The normalized spacial score (nSPS) is 15.1. The lowest BCUT2D eigenvalue weighted by Gasteiger charge is -2.20. The highest BCUT2D eigenvalue weighted by atomic mass is 79.9. The highest BCUT2D eigenvalue weighted by Gasteiger charge is 2.16. The summed E-state index contributed by atoms with van der Waals surface area (Å²) in [4.78, 5) is 0. The van der Waals surface area contributed by atoms with Gasteiger partial charge in [-0.25, -0.2) is 0 Å². The van der Waals surface area contributed by atoms with Gasteiger partial charge in [-0.2, -0.15) is 0 Å². The van der Waals surface area contributed by atoms with Crippen LogP contribution >= 0.6 is 15.9 Å². The molecule has 1 aromatic carbocycles. The number of rotatable bonds is 1. The van der Waals surface area contributed by atoms with E-state index < -0.39 is 0 Å². The quantitative estimate of drug-likeness (QED) is 0.744. The summed E-state index contributed by atoms with van der Waals surface area (Å²) in [6, 6.07) is 2.19. The van der Waals surface area contributed by atoms with E-state index >= 15 is 0 Å². The molecule has 76 valence electrons. The first-order chi connectivity index (χ1) is 6.74. The highest BCUT2D eigenvalue weighted by molar-refractivity contribution is 9.10. The molecule has 0 bridgehead atoms. The topological polar surface area (TPSA) is 9.23 Å². The van der Waals surface area contributed by atoms with E-state index in [9.17, 15) is 0 Å². The second-order valence-corrected chi connectivity index (χ2v) is 4.66. The first-order valence-electron chi connectivity index (χ1n) is 5.09. The van der Waals surface area contributed by atoms with Crippen LogP contribution in [0.3, 0.4) is 0 Å². The van der Waals surface area contributed by atoms with Crippen LogP contribution in [0.4, 0.5) is 0 Å². The summed E-state index contributed by atoms with van der Waals surface area (Å²) in [6.45, 7) is 2.18. The van der Waals surface area contributed by atoms with Crippen LogP contribution in [0.1, 0.15) is 29.5 Å². The largest absolute Gasteiger partial charge is 0.496 e. The zero-order valence-corrected chi connectivity index (χ0v) is 10.3. The molecule has 14 heavy (non-hydrogen) atoms. The Labute approximate surface area is 93.6 Å². The van der Waals surface area contributed by atoms with Crippen LogP contribution in [0.2, 0.25) is 0 Å². The summed E-state index contributed by atoms with van der Waals surface area (Å²) < 4.78 is 6.47. The number of benzene rings is 1. The average Bonchev–Trinajstić information content (AvgIpc) is 2.23. The van der Waals surface area contributed by atoms with Crippen molar-refractivity contribution in [3.8, 4) is 5.75 Å². The van der Waals surface area contributed by atoms with Crippen LogP contribution in [0.5, 0.6) is 5.75 Å². The lowest BCUT2D eigenvalue weighted by molar-refractivity contribution is 0.410. The highest BCUT2D eigenvalue weighted by Crippen LogP contribution is 2.36. The lowest BCUT2D eigenvalue weighted by Crippen LogP contribution is -2.06. The molecule has 0 amide bonds. The maximum Gasteiger partial charge on any atom is 0.133 e. The Morgan fingerprint density at radius 1 is 1.29 bits per heavy atom. The van der Waals surface area contributed by atoms with E-state index in [1.165, 1.54) is 42.4 Å². The zero-order valence-electron chi connectivity index (χ0n) is 8.69. The summed E-state index contributed by atoms with van der Waals surface area (Å²) in [6.07, 6.45) is 5.08. The molecule has 0 radical (unpaired) electrons. The van der Waals surface area contributed by atoms with Gasteiger partial charge in [0.25, 0.3) is 0 Å². The number of halogens is 1. The third-order valence-corrected chi connectivity index (χ3v) is 4.02. The van der Waals surface area contributed by atoms with Gasteiger partial charge in [0.15, 0.2) is 0 Å². The molecule has 0 unspecified atom stereocenters. The maximum absolute atomic E-state index is 5.35. The van der Waals surface area contributed by atoms with Gasteiger partial charge >= 0.3 is 0 Å². The minimum atomic E-state index is 0.975. The predicted molar refractivity (Wildman–Crippen MR) is 62.1 cm³/mol. The van der Waals surface area contributed by atoms with Gasteiger partial charge in [-0.3, -0.25) is 0 Å². The Hall–Kier alpha value is -0.500. The monoisotopic (exact) mass is 254 g/mol. The number of ether oxygens (including phenoxy) is 1. The summed E-state index contributed by atoms with van der Waals surface area (Å²) in [5, 5.41) is 0. The van der Waals surface area contributed by atoms with E-state index in [4.69, 9.17) is 4.74 Å². The minimum Gasteiger partial charge on any atom is -0.496 e. The van der Waals surface area contributed by atoms with Gasteiger partial charge in [-0.05, 0) is 71.3 Å². The van der Waals surface area contributed by atoms with Gasteiger partial charge in [0.2, 0.25) is 0 Å². The molecule has 0 saturated heterocycles. The summed E-state index contributed by atoms with van der Waals surface area (Å²) in [7, 11) is 1.73. The molecule has 0 fully saturated rings. The Kier molecular flexibility index (Phi) is 2.82. The standard InChI is InChI=1S/C12H15BrO/c1-8-10-6-4-3-5-9(10)7-11(14-2)12(8)13/h7H,3-6H2,1-2H3. The molecule has 0 N–H and O–H groups in total. The Balaban J connectivity index is 2.57. The second-order valence-electron chi connectivity index (χ2n) is 3.86. The van der Waals surface area contributed by atoms with Crippen molar-refractivity contribution in [1.29, 1.82) is 0 Å². The molecule has 1 aliphatic carbocycles. The number of aryl methyl sites for hydroxylation is 1. The first-order valence-corrected chi connectivity index (χ1v) is 5.88. The Morgan fingerprint density at radius 2 is 2.00 bits per heavy atom. The van der Waals surface area contributed by atoms with Crippen molar-refractivity contribution in [2.75, 3.05) is 7.11 Å². The van der Waals surface area contributed by atoms with Gasteiger partial charge in [-0.15, -0.1) is 0 Å². The van der Waals surface area contributed by atoms with Crippen LogP contribution in [0, 0.1) is 6.92 Å². The molecule has 1 nitrogen and oxygen atoms in total. The van der Waals surface area contributed by atoms with Crippen LogP contribution < -0.4 is 4.74 Å². The molecular formula is C12H15BrO. The molecule has 0 saturated carbocycles. The zero-order chi connectivity index (χ0) is 10.1. The number of methoxy groups -OCH3 is 1. The van der Waals surface area contributed by atoms with Gasteiger partial charge in [0.1, 0.15) is 5.75 Å². The van der Waals surface area contributed by atoms with E-state index in [1.807, 2.05) is 0 Å². The van der Waals surface area contributed by atoms with Gasteiger partial charge in [-0.1, -0.05) is 0 Å². The molecule has 0 aliphatic heterocycles. The molecule has 0 spiro atoms. The van der Waals surface area contributed by atoms with Crippen molar-refractivity contribution in [2.24, 2.45) is 0 Å². The molecule has 0 atom stereocenters. The summed E-state index contributed by atoms with van der Waals surface area (Å²) in [5.74, 6) is 0.975. The second kappa shape index (κ2) is 3.93. The van der Waals surface area contributed by atoms with Gasteiger partial charge in [0, 0.05) is 0 Å². The van der Waals surface area contributed by atoms with Gasteiger partial charge < -0.3 is 4.74 Å². The number of hydrogen-bond acceptors (Lipinski definition) is 1. The fourth-order valence-electron chi connectivity index (χ4n) is 2.20. The van der Waals surface area contributed by atoms with Crippen molar-refractivity contribution in [1.82, 2.24) is 0 Å². The predicted octanol–water partition coefficient (Wildman–Crippen LogP) is 3.64. The van der Waals surface area contributed by atoms with Crippen molar-refractivity contribution in [3.63, 3.8) is 0 Å². The van der Waals surface area contributed by atoms with Crippen LogP contribution in [-0.4, -0.2) is 7.11 Å². The van der Waals surface area contributed by atoms with E-state index in [1.54, 1.807) is 7.11 Å². The Bertz CT molecular complexity index is 358.